The molecule has 1 aliphatic rings. The molecule has 1 heterocycles. The molecule has 2 N–H and O–H groups in total. The van der Waals surface area contributed by atoms with Crippen molar-refractivity contribution in [2.45, 2.75) is 25.5 Å². The summed E-state index contributed by atoms with van der Waals surface area (Å²) in [6.45, 7) is 8.16. The van der Waals surface area contributed by atoms with Gasteiger partial charge in [-0.2, -0.15) is 0 Å². The fourth-order valence-electron chi connectivity index (χ4n) is 4.48. The van der Waals surface area contributed by atoms with E-state index < -0.39 is 6.10 Å². The first kappa shape index (κ1) is 34.0. The highest BCUT2D eigenvalue weighted by Gasteiger charge is 2.17. The summed E-state index contributed by atoms with van der Waals surface area (Å²) in [4.78, 5) is 4.89. The van der Waals surface area contributed by atoms with Crippen LogP contribution in [0.2, 0.25) is 0 Å². The van der Waals surface area contributed by atoms with Gasteiger partial charge in [-0.3, -0.25) is 4.90 Å². The first-order valence-electron chi connectivity index (χ1n) is 12.5. The predicted octanol–water partition coefficient (Wildman–Crippen LogP) is 5.55. The largest absolute Gasteiger partial charge is 0.492 e. The minimum Gasteiger partial charge on any atom is -0.492 e. The normalized spacial score (nSPS) is 14.9. The number of rotatable bonds is 11. The summed E-state index contributed by atoms with van der Waals surface area (Å²) in [7, 11) is 0. The Morgan fingerprint density at radius 3 is 2.16 bits per heavy atom. The second-order valence-corrected chi connectivity index (χ2v) is 9.21. The van der Waals surface area contributed by atoms with E-state index in [0.29, 0.717) is 18.7 Å². The third kappa shape index (κ3) is 10.3. The number of nitrogens with zero attached hydrogens (tertiary/aromatic N) is 2. The van der Waals surface area contributed by atoms with E-state index in [1.54, 1.807) is 18.2 Å². The van der Waals surface area contributed by atoms with Crippen molar-refractivity contribution in [2.75, 3.05) is 50.8 Å². The molecule has 0 bridgehead atoms. The first-order valence-corrected chi connectivity index (χ1v) is 12.5. The number of benzene rings is 3. The molecular formula is C29H39Cl3FN3O2. The van der Waals surface area contributed by atoms with E-state index in [-0.39, 0.29) is 49.1 Å². The SMILES string of the molecule is CC(Cc1ccc(OCCN2CCN(c3ccccc3)CC2)cc1)NCC(O)c1ccccc1F.Cl.Cl.Cl. The van der Waals surface area contributed by atoms with Crippen LogP contribution >= 0.6 is 37.2 Å². The van der Waals surface area contributed by atoms with Gasteiger partial charge >= 0.3 is 0 Å². The molecule has 4 rings (SSSR count). The van der Waals surface area contributed by atoms with Crippen molar-refractivity contribution >= 4 is 42.9 Å². The number of anilines is 1. The van der Waals surface area contributed by atoms with Gasteiger partial charge in [-0.25, -0.2) is 4.39 Å². The summed E-state index contributed by atoms with van der Waals surface area (Å²) in [5.41, 5.74) is 2.82. The van der Waals surface area contributed by atoms with Gasteiger partial charge in [0.25, 0.3) is 0 Å². The molecule has 0 aromatic heterocycles. The van der Waals surface area contributed by atoms with Gasteiger partial charge in [0, 0.05) is 56.6 Å². The fraction of sp³-hybridized carbons (Fsp3) is 0.379. The van der Waals surface area contributed by atoms with Crippen LogP contribution in [0.4, 0.5) is 10.1 Å². The third-order valence-corrected chi connectivity index (χ3v) is 6.56. The highest BCUT2D eigenvalue weighted by Crippen LogP contribution is 2.18. The second kappa shape index (κ2) is 17.5. The Kier molecular flexibility index (Phi) is 15.7. The smallest absolute Gasteiger partial charge is 0.129 e. The number of hydrogen-bond acceptors (Lipinski definition) is 5. The lowest BCUT2D eigenvalue weighted by atomic mass is 10.1. The number of halogens is 4. The van der Waals surface area contributed by atoms with Crippen LogP contribution in [-0.2, 0) is 6.42 Å². The zero-order valence-electron chi connectivity index (χ0n) is 21.7. The molecule has 38 heavy (non-hydrogen) atoms. The van der Waals surface area contributed by atoms with Crippen molar-refractivity contribution in [3.05, 3.63) is 95.8 Å². The molecule has 9 heteroatoms. The molecule has 0 spiro atoms. The quantitative estimate of drug-likeness (QED) is 0.309. The van der Waals surface area contributed by atoms with Gasteiger partial charge in [0.15, 0.2) is 0 Å². The summed E-state index contributed by atoms with van der Waals surface area (Å²) in [5.74, 6) is 0.506. The van der Waals surface area contributed by atoms with E-state index in [1.165, 1.54) is 17.3 Å². The van der Waals surface area contributed by atoms with E-state index in [9.17, 15) is 9.50 Å². The van der Waals surface area contributed by atoms with Crippen molar-refractivity contribution in [1.82, 2.24) is 10.2 Å². The Morgan fingerprint density at radius 2 is 1.50 bits per heavy atom. The van der Waals surface area contributed by atoms with Crippen molar-refractivity contribution in [3.8, 4) is 5.75 Å². The molecule has 0 radical (unpaired) electrons. The molecule has 0 amide bonds. The topological polar surface area (TPSA) is 48.0 Å². The molecular weight excluding hydrogens is 548 g/mol. The highest BCUT2D eigenvalue weighted by atomic mass is 35.5. The molecule has 1 aliphatic heterocycles. The highest BCUT2D eigenvalue weighted by molar-refractivity contribution is 5.86. The molecule has 1 fully saturated rings. The van der Waals surface area contributed by atoms with Gasteiger partial charge in [-0.1, -0.05) is 48.5 Å². The molecule has 1 saturated heterocycles. The zero-order chi connectivity index (χ0) is 24.5. The average molecular weight is 587 g/mol. The lowest BCUT2D eigenvalue weighted by molar-refractivity contribution is 0.166. The van der Waals surface area contributed by atoms with Crippen LogP contribution in [0.3, 0.4) is 0 Å². The number of nitrogens with one attached hydrogen (secondary N) is 1. The third-order valence-electron chi connectivity index (χ3n) is 6.56. The lowest BCUT2D eigenvalue weighted by Gasteiger charge is -2.36. The Labute approximate surface area is 244 Å². The summed E-state index contributed by atoms with van der Waals surface area (Å²) in [5, 5.41) is 13.6. The maximum Gasteiger partial charge on any atom is 0.129 e. The van der Waals surface area contributed by atoms with Crippen LogP contribution in [0.15, 0.2) is 78.9 Å². The van der Waals surface area contributed by atoms with Crippen LogP contribution < -0.4 is 15.0 Å². The lowest BCUT2D eigenvalue weighted by Crippen LogP contribution is -2.47. The summed E-state index contributed by atoms with van der Waals surface area (Å²) in [6, 6.07) is 25.3. The summed E-state index contributed by atoms with van der Waals surface area (Å²) in [6.07, 6.45) is -0.0496. The van der Waals surface area contributed by atoms with Crippen molar-refractivity contribution < 1.29 is 14.2 Å². The molecule has 3 aromatic rings. The Balaban J connectivity index is 0.00000241. The molecule has 2 atom stereocenters. The van der Waals surface area contributed by atoms with E-state index >= 15 is 0 Å². The number of ether oxygens (including phenoxy) is 1. The van der Waals surface area contributed by atoms with Gasteiger partial charge < -0.3 is 20.1 Å². The number of aliphatic hydroxyl groups is 1. The average Bonchev–Trinajstić information content (AvgIpc) is 2.89. The van der Waals surface area contributed by atoms with E-state index in [1.807, 2.05) is 12.1 Å². The Morgan fingerprint density at radius 1 is 0.868 bits per heavy atom. The molecule has 5 nitrogen and oxygen atoms in total. The maximum atomic E-state index is 13.8. The summed E-state index contributed by atoms with van der Waals surface area (Å²) >= 11 is 0. The maximum absolute atomic E-state index is 13.8. The van der Waals surface area contributed by atoms with Crippen molar-refractivity contribution in [1.29, 1.82) is 0 Å². The van der Waals surface area contributed by atoms with Crippen LogP contribution in [0.25, 0.3) is 0 Å². The predicted molar refractivity (Wildman–Crippen MR) is 161 cm³/mol. The molecule has 210 valence electrons. The monoisotopic (exact) mass is 585 g/mol. The second-order valence-electron chi connectivity index (χ2n) is 9.21. The fourth-order valence-corrected chi connectivity index (χ4v) is 4.48. The number of hydrogen-bond donors (Lipinski definition) is 2. The van der Waals surface area contributed by atoms with Crippen LogP contribution in [-0.4, -0.2) is 61.9 Å². The number of aliphatic hydroxyl groups excluding tert-OH is 1. The van der Waals surface area contributed by atoms with Crippen LogP contribution in [0, 0.1) is 5.82 Å². The zero-order valence-corrected chi connectivity index (χ0v) is 24.1. The van der Waals surface area contributed by atoms with Gasteiger partial charge in [0.05, 0.1) is 6.10 Å². The van der Waals surface area contributed by atoms with Gasteiger partial charge in [-0.15, -0.1) is 37.2 Å². The standard InChI is InChI=1S/C29H36FN3O2.3ClH/c1-23(31-22-29(34)27-9-5-6-10-28(27)30)21-24-11-13-26(14-12-24)35-20-19-32-15-17-33(18-16-32)25-7-3-2-4-8-25;;;/h2-14,23,29,31,34H,15-22H2,1H3;3*1H. The van der Waals surface area contributed by atoms with E-state index in [4.69, 9.17) is 4.74 Å². The number of piperazine rings is 1. The molecule has 0 aliphatic carbocycles. The molecule has 2 unspecified atom stereocenters. The minimum atomic E-state index is -0.865. The van der Waals surface area contributed by atoms with Crippen molar-refractivity contribution in [2.24, 2.45) is 0 Å². The van der Waals surface area contributed by atoms with Crippen LogP contribution in [0.1, 0.15) is 24.2 Å². The number of para-hydroxylation sites is 1. The van der Waals surface area contributed by atoms with E-state index in [0.717, 1.165) is 44.9 Å². The summed E-state index contributed by atoms with van der Waals surface area (Å²) < 4.78 is 19.8. The molecule has 3 aromatic carbocycles. The Hall–Kier alpha value is -2.06. The first-order chi connectivity index (χ1) is 17.1. The van der Waals surface area contributed by atoms with Gasteiger partial charge in [0.1, 0.15) is 18.2 Å². The Bertz CT molecular complexity index is 1040. The van der Waals surface area contributed by atoms with E-state index in [2.05, 4.69) is 64.5 Å². The molecule has 0 saturated carbocycles. The van der Waals surface area contributed by atoms with Gasteiger partial charge in [-0.05, 0) is 49.2 Å². The minimum absolute atomic E-state index is 0. The van der Waals surface area contributed by atoms with Crippen molar-refractivity contribution in [3.63, 3.8) is 0 Å². The van der Waals surface area contributed by atoms with Crippen LogP contribution in [0.5, 0.6) is 5.75 Å². The van der Waals surface area contributed by atoms with Gasteiger partial charge in [0.2, 0.25) is 0 Å².